The van der Waals surface area contributed by atoms with Crippen LogP contribution in [0.4, 0.5) is 0 Å². The fraction of sp³-hybridized carbons (Fsp3) is 0.0233. The Kier molecular flexibility index (Phi) is 5.40. The second-order valence-electron chi connectivity index (χ2n) is 12.2. The zero-order valence-corrected chi connectivity index (χ0v) is 26.1. The SMILES string of the molecule is Cc1ccccc1-c1cc(-n2c3ccccc3c3ccccc32)cc2c1sc1ccc(-n3c4ccccc4c4ccccc43)cc12. The predicted molar refractivity (Wildman–Crippen MR) is 198 cm³/mol. The minimum absolute atomic E-state index is 1.18. The van der Waals surface area contributed by atoms with Crippen molar-refractivity contribution in [2.45, 2.75) is 6.92 Å². The number of hydrogen-bond donors (Lipinski definition) is 0. The van der Waals surface area contributed by atoms with Crippen LogP contribution in [0.1, 0.15) is 5.56 Å². The highest BCUT2D eigenvalue weighted by Crippen LogP contribution is 2.45. The van der Waals surface area contributed by atoms with Crippen molar-refractivity contribution < 1.29 is 0 Å². The molecule has 0 spiro atoms. The summed E-state index contributed by atoms with van der Waals surface area (Å²) in [6.07, 6.45) is 0. The van der Waals surface area contributed by atoms with Crippen LogP contribution in [0.25, 0.3) is 86.3 Å². The van der Waals surface area contributed by atoms with E-state index in [0.717, 1.165) is 0 Å². The average Bonchev–Trinajstić information content (AvgIpc) is 3.76. The molecule has 0 atom stereocenters. The van der Waals surface area contributed by atoms with Gasteiger partial charge in [-0.3, -0.25) is 0 Å². The van der Waals surface area contributed by atoms with E-state index in [4.69, 9.17) is 0 Å². The molecular formula is C43H28N2S. The van der Waals surface area contributed by atoms with E-state index < -0.39 is 0 Å². The summed E-state index contributed by atoms with van der Waals surface area (Å²) in [5, 5.41) is 7.70. The fourth-order valence-corrected chi connectivity index (χ4v) is 8.79. The lowest BCUT2D eigenvalue weighted by Gasteiger charge is -2.14. The zero-order chi connectivity index (χ0) is 30.4. The van der Waals surface area contributed by atoms with Crippen LogP contribution >= 0.6 is 11.3 Å². The molecule has 0 saturated heterocycles. The van der Waals surface area contributed by atoms with Crippen molar-refractivity contribution in [3.63, 3.8) is 0 Å². The molecule has 10 rings (SSSR count). The van der Waals surface area contributed by atoms with Crippen molar-refractivity contribution in [3.05, 3.63) is 157 Å². The summed E-state index contributed by atoms with van der Waals surface area (Å²) in [7, 11) is 0. The van der Waals surface area contributed by atoms with Gasteiger partial charge in [-0.05, 0) is 72.6 Å². The first-order chi connectivity index (χ1) is 22.7. The lowest BCUT2D eigenvalue weighted by Crippen LogP contribution is -1.95. The number of thiophene rings is 1. The van der Waals surface area contributed by atoms with Crippen molar-refractivity contribution in [2.75, 3.05) is 0 Å². The molecule has 46 heavy (non-hydrogen) atoms. The fourth-order valence-electron chi connectivity index (χ4n) is 7.60. The van der Waals surface area contributed by atoms with Crippen LogP contribution in [0.2, 0.25) is 0 Å². The molecule has 2 nitrogen and oxygen atoms in total. The minimum Gasteiger partial charge on any atom is -0.309 e. The smallest absolute Gasteiger partial charge is 0.0541 e. The van der Waals surface area contributed by atoms with Crippen LogP contribution in [-0.2, 0) is 0 Å². The van der Waals surface area contributed by atoms with Gasteiger partial charge in [0, 0.05) is 58.7 Å². The molecule has 3 heterocycles. The van der Waals surface area contributed by atoms with E-state index in [2.05, 4.69) is 168 Å². The van der Waals surface area contributed by atoms with Gasteiger partial charge in [-0.1, -0.05) is 97.1 Å². The van der Waals surface area contributed by atoms with E-state index in [1.807, 2.05) is 11.3 Å². The monoisotopic (exact) mass is 604 g/mol. The highest BCUT2D eigenvalue weighted by molar-refractivity contribution is 7.26. The molecule has 10 aromatic rings. The molecule has 3 heteroatoms. The Hall–Kier alpha value is -5.64. The topological polar surface area (TPSA) is 9.86 Å². The second kappa shape index (κ2) is 9.68. The van der Waals surface area contributed by atoms with E-state index in [9.17, 15) is 0 Å². The lowest BCUT2D eigenvalue weighted by molar-refractivity contribution is 1.18. The number of aromatic nitrogens is 2. The largest absolute Gasteiger partial charge is 0.309 e. The van der Waals surface area contributed by atoms with Crippen LogP contribution in [0, 0.1) is 6.92 Å². The maximum absolute atomic E-state index is 2.45. The molecule has 0 aliphatic carbocycles. The first-order valence-corrected chi connectivity index (χ1v) is 16.6. The van der Waals surface area contributed by atoms with Gasteiger partial charge in [0.25, 0.3) is 0 Å². The molecule has 0 fully saturated rings. The normalized spacial score (nSPS) is 12.0. The molecule has 0 bridgehead atoms. The Morgan fingerprint density at radius 3 is 1.43 bits per heavy atom. The summed E-state index contributed by atoms with van der Waals surface area (Å²) in [6.45, 7) is 2.22. The summed E-state index contributed by atoms with van der Waals surface area (Å²) in [6, 6.07) is 55.7. The average molecular weight is 605 g/mol. The lowest BCUT2D eigenvalue weighted by atomic mass is 9.97. The third-order valence-corrected chi connectivity index (χ3v) is 10.9. The molecule has 0 amide bonds. The second-order valence-corrected chi connectivity index (χ2v) is 13.3. The van der Waals surface area contributed by atoms with Gasteiger partial charge >= 0.3 is 0 Å². The number of rotatable bonds is 3. The van der Waals surface area contributed by atoms with Gasteiger partial charge in [-0.15, -0.1) is 11.3 Å². The Balaban J connectivity index is 1.32. The van der Waals surface area contributed by atoms with E-state index in [0.29, 0.717) is 0 Å². The molecule has 0 radical (unpaired) electrons. The highest BCUT2D eigenvalue weighted by Gasteiger charge is 2.19. The van der Waals surface area contributed by atoms with Crippen molar-refractivity contribution in [2.24, 2.45) is 0 Å². The Labute approximate surface area is 270 Å². The summed E-state index contributed by atoms with van der Waals surface area (Å²) >= 11 is 1.90. The molecule has 0 saturated carbocycles. The van der Waals surface area contributed by atoms with E-state index in [1.165, 1.54) is 91.8 Å². The van der Waals surface area contributed by atoms with E-state index in [-0.39, 0.29) is 0 Å². The molecule has 0 unspecified atom stereocenters. The van der Waals surface area contributed by atoms with Crippen LogP contribution in [-0.4, -0.2) is 9.13 Å². The zero-order valence-electron chi connectivity index (χ0n) is 25.2. The number of para-hydroxylation sites is 4. The van der Waals surface area contributed by atoms with Gasteiger partial charge in [0.1, 0.15) is 0 Å². The van der Waals surface area contributed by atoms with Crippen molar-refractivity contribution in [3.8, 4) is 22.5 Å². The number of hydrogen-bond acceptors (Lipinski definition) is 1. The molecule has 7 aromatic carbocycles. The molecule has 0 aliphatic heterocycles. The van der Waals surface area contributed by atoms with Gasteiger partial charge in [-0.25, -0.2) is 0 Å². The number of fused-ring (bicyclic) bond motifs is 9. The van der Waals surface area contributed by atoms with Gasteiger partial charge in [0.2, 0.25) is 0 Å². The van der Waals surface area contributed by atoms with Crippen molar-refractivity contribution in [1.82, 2.24) is 9.13 Å². The molecule has 0 N–H and O–H groups in total. The Bertz CT molecular complexity index is 2720. The quantitative estimate of drug-likeness (QED) is 0.190. The number of benzene rings is 7. The first kappa shape index (κ1) is 25.7. The first-order valence-electron chi connectivity index (χ1n) is 15.8. The van der Waals surface area contributed by atoms with Crippen LogP contribution < -0.4 is 0 Å². The van der Waals surface area contributed by atoms with Crippen LogP contribution in [0.3, 0.4) is 0 Å². The number of nitrogens with zero attached hydrogens (tertiary/aromatic N) is 2. The minimum atomic E-state index is 1.18. The Morgan fingerprint density at radius 2 is 0.870 bits per heavy atom. The van der Waals surface area contributed by atoms with Gasteiger partial charge < -0.3 is 9.13 Å². The van der Waals surface area contributed by atoms with Gasteiger partial charge in [0.15, 0.2) is 0 Å². The third kappa shape index (κ3) is 3.58. The van der Waals surface area contributed by atoms with Crippen LogP contribution in [0.5, 0.6) is 0 Å². The van der Waals surface area contributed by atoms with Crippen molar-refractivity contribution >= 4 is 75.1 Å². The van der Waals surface area contributed by atoms with Crippen LogP contribution in [0.15, 0.2) is 152 Å². The molecular weight excluding hydrogens is 577 g/mol. The van der Waals surface area contributed by atoms with Gasteiger partial charge in [-0.2, -0.15) is 0 Å². The Morgan fingerprint density at radius 1 is 0.391 bits per heavy atom. The molecule has 216 valence electrons. The third-order valence-electron chi connectivity index (χ3n) is 9.65. The summed E-state index contributed by atoms with van der Waals surface area (Å²) in [5.74, 6) is 0. The summed E-state index contributed by atoms with van der Waals surface area (Å²) in [5.41, 5.74) is 11.1. The highest BCUT2D eigenvalue weighted by atomic mass is 32.1. The van der Waals surface area contributed by atoms with Crippen molar-refractivity contribution in [1.29, 1.82) is 0 Å². The summed E-state index contributed by atoms with van der Waals surface area (Å²) in [4.78, 5) is 0. The van der Waals surface area contributed by atoms with Gasteiger partial charge in [0.05, 0.1) is 22.1 Å². The maximum atomic E-state index is 2.45. The van der Waals surface area contributed by atoms with E-state index in [1.54, 1.807) is 0 Å². The standard InChI is InChI=1S/C43H28N2S/c1-27-12-2-3-13-30(27)36-25-29(45-40-20-10-6-16-33(40)34-17-7-11-21-41(34)45)26-37-35-24-28(22-23-42(35)46-43(36)37)44-38-18-8-4-14-31(38)32-15-5-9-19-39(32)44/h2-26H,1H3. The summed E-state index contributed by atoms with van der Waals surface area (Å²) < 4.78 is 7.50. The molecule has 3 aromatic heterocycles. The van der Waals surface area contributed by atoms with E-state index >= 15 is 0 Å². The maximum Gasteiger partial charge on any atom is 0.0541 e. The number of aryl methyl sites for hydroxylation is 1. The molecule has 0 aliphatic rings. The predicted octanol–water partition coefficient (Wildman–Crippen LogP) is 12.2.